The van der Waals surface area contributed by atoms with Gasteiger partial charge in [-0.3, -0.25) is 0 Å². The Kier molecular flexibility index (Phi) is 2.69. The summed E-state index contributed by atoms with van der Waals surface area (Å²) >= 11 is 3.39. The molecule has 1 amide bonds. The number of ether oxygens (including phenoxy) is 1. The van der Waals surface area contributed by atoms with Crippen LogP contribution in [0.15, 0.2) is 28.7 Å². The lowest BCUT2D eigenvalue weighted by molar-refractivity contribution is 0.145. The highest BCUT2D eigenvalue weighted by molar-refractivity contribution is 9.10. The normalized spacial score (nSPS) is 17.1. The standard InChI is InChI=1S/C11H12BrNO2/c12-9-3-1-8(2-4-9)11(5-6-11)7-15-10(13)14/h1-4H,5-7H2,(H2,13,14). The Morgan fingerprint density at radius 1 is 1.40 bits per heavy atom. The maximum atomic E-state index is 10.6. The van der Waals surface area contributed by atoms with Crippen LogP contribution in [0.5, 0.6) is 0 Å². The number of hydrogen-bond donors (Lipinski definition) is 1. The van der Waals surface area contributed by atoms with E-state index in [4.69, 9.17) is 10.5 Å². The molecule has 0 aromatic heterocycles. The van der Waals surface area contributed by atoms with Crippen LogP contribution in [0.3, 0.4) is 0 Å². The van der Waals surface area contributed by atoms with Crippen molar-refractivity contribution in [2.24, 2.45) is 5.73 Å². The third-order valence-electron chi connectivity index (χ3n) is 2.80. The quantitative estimate of drug-likeness (QED) is 0.917. The van der Waals surface area contributed by atoms with E-state index >= 15 is 0 Å². The van der Waals surface area contributed by atoms with Crippen molar-refractivity contribution in [1.82, 2.24) is 0 Å². The van der Waals surface area contributed by atoms with Crippen LogP contribution < -0.4 is 5.73 Å². The lowest BCUT2D eigenvalue weighted by atomic mass is 9.97. The topological polar surface area (TPSA) is 52.3 Å². The SMILES string of the molecule is NC(=O)OCC1(c2ccc(Br)cc2)CC1. The van der Waals surface area contributed by atoms with Gasteiger partial charge in [0.1, 0.15) is 6.61 Å². The van der Waals surface area contributed by atoms with Gasteiger partial charge in [-0.1, -0.05) is 28.1 Å². The lowest BCUT2D eigenvalue weighted by Gasteiger charge is -2.14. The first-order valence-electron chi connectivity index (χ1n) is 4.81. The molecule has 4 heteroatoms. The second-order valence-corrected chi connectivity index (χ2v) is 4.81. The molecule has 1 aliphatic rings. The number of rotatable bonds is 3. The van der Waals surface area contributed by atoms with Crippen molar-refractivity contribution in [1.29, 1.82) is 0 Å². The molecule has 1 aromatic carbocycles. The fourth-order valence-corrected chi connectivity index (χ4v) is 1.94. The van der Waals surface area contributed by atoms with Crippen LogP contribution >= 0.6 is 15.9 Å². The molecule has 1 aliphatic carbocycles. The zero-order valence-corrected chi connectivity index (χ0v) is 9.79. The predicted octanol–water partition coefficient (Wildman–Crippen LogP) is 2.58. The van der Waals surface area contributed by atoms with Crippen LogP contribution in [-0.4, -0.2) is 12.7 Å². The monoisotopic (exact) mass is 269 g/mol. The van der Waals surface area contributed by atoms with Gasteiger partial charge in [-0.05, 0) is 30.5 Å². The molecule has 0 unspecified atom stereocenters. The Morgan fingerprint density at radius 3 is 2.47 bits per heavy atom. The van der Waals surface area contributed by atoms with Gasteiger partial charge in [0, 0.05) is 9.89 Å². The second-order valence-electron chi connectivity index (χ2n) is 3.89. The summed E-state index contributed by atoms with van der Waals surface area (Å²) in [6.07, 6.45) is 1.42. The molecule has 0 spiro atoms. The molecule has 0 atom stereocenters. The van der Waals surface area contributed by atoms with Gasteiger partial charge in [0.25, 0.3) is 0 Å². The van der Waals surface area contributed by atoms with Gasteiger partial charge in [-0.15, -0.1) is 0 Å². The number of halogens is 1. The largest absolute Gasteiger partial charge is 0.449 e. The Balaban J connectivity index is 2.09. The second kappa shape index (κ2) is 3.85. The number of carbonyl (C=O) groups excluding carboxylic acids is 1. The molecular weight excluding hydrogens is 258 g/mol. The summed E-state index contributed by atoms with van der Waals surface area (Å²) in [6, 6.07) is 8.11. The first-order valence-corrected chi connectivity index (χ1v) is 5.60. The maximum absolute atomic E-state index is 10.6. The highest BCUT2D eigenvalue weighted by atomic mass is 79.9. The van der Waals surface area contributed by atoms with E-state index in [2.05, 4.69) is 28.1 Å². The fraction of sp³-hybridized carbons (Fsp3) is 0.364. The van der Waals surface area contributed by atoms with Gasteiger partial charge >= 0.3 is 6.09 Å². The Bertz CT molecular complexity index is 371. The zero-order valence-electron chi connectivity index (χ0n) is 8.20. The van der Waals surface area contributed by atoms with Crippen molar-refractivity contribution in [3.63, 3.8) is 0 Å². The summed E-state index contributed by atoms with van der Waals surface area (Å²) in [4.78, 5) is 10.6. The highest BCUT2D eigenvalue weighted by Crippen LogP contribution is 2.48. The van der Waals surface area contributed by atoms with Crippen LogP contribution in [0.1, 0.15) is 18.4 Å². The molecule has 0 heterocycles. The maximum Gasteiger partial charge on any atom is 0.404 e. The van der Waals surface area contributed by atoms with E-state index in [9.17, 15) is 4.79 Å². The van der Waals surface area contributed by atoms with Crippen LogP contribution in [0.25, 0.3) is 0 Å². The fourth-order valence-electron chi connectivity index (χ4n) is 1.68. The molecule has 1 fully saturated rings. The van der Waals surface area contributed by atoms with Crippen molar-refractivity contribution in [3.8, 4) is 0 Å². The Morgan fingerprint density at radius 2 is 2.00 bits per heavy atom. The van der Waals surface area contributed by atoms with E-state index in [0.717, 1.165) is 17.3 Å². The van der Waals surface area contributed by atoms with Gasteiger partial charge in [0.05, 0.1) is 0 Å². The van der Waals surface area contributed by atoms with Crippen LogP contribution in [0, 0.1) is 0 Å². The Labute approximate surface area is 96.7 Å². The summed E-state index contributed by atoms with van der Waals surface area (Å²) in [7, 11) is 0. The van der Waals surface area contributed by atoms with E-state index in [1.54, 1.807) is 0 Å². The smallest absolute Gasteiger partial charge is 0.404 e. The molecular formula is C11H12BrNO2. The Hall–Kier alpha value is -1.03. The summed E-state index contributed by atoms with van der Waals surface area (Å²) in [5.41, 5.74) is 6.20. The van der Waals surface area contributed by atoms with Crippen molar-refractivity contribution in [3.05, 3.63) is 34.3 Å². The third kappa shape index (κ3) is 2.31. The molecule has 1 saturated carbocycles. The van der Waals surface area contributed by atoms with E-state index in [-0.39, 0.29) is 5.41 Å². The molecule has 2 rings (SSSR count). The summed E-state index contributed by atoms with van der Waals surface area (Å²) in [5.74, 6) is 0. The van der Waals surface area contributed by atoms with Crippen molar-refractivity contribution in [2.75, 3.05) is 6.61 Å². The average molecular weight is 270 g/mol. The molecule has 3 nitrogen and oxygen atoms in total. The predicted molar refractivity (Wildman–Crippen MR) is 60.6 cm³/mol. The van der Waals surface area contributed by atoms with E-state index < -0.39 is 6.09 Å². The molecule has 2 N–H and O–H groups in total. The first-order chi connectivity index (χ1) is 7.12. The molecule has 0 saturated heterocycles. The number of carbonyl (C=O) groups is 1. The van der Waals surface area contributed by atoms with Crippen LogP contribution in [-0.2, 0) is 10.2 Å². The number of primary amides is 1. The van der Waals surface area contributed by atoms with Crippen molar-refractivity contribution < 1.29 is 9.53 Å². The van der Waals surface area contributed by atoms with Gasteiger partial charge in [-0.2, -0.15) is 0 Å². The molecule has 0 radical (unpaired) electrons. The van der Waals surface area contributed by atoms with E-state index in [1.807, 2.05) is 12.1 Å². The minimum Gasteiger partial charge on any atom is -0.449 e. The number of benzene rings is 1. The average Bonchev–Trinajstić information content (AvgIpc) is 2.97. The van der Waals surface area contributed by atoms with Gasteiger partial charge < -0.3 is 10.5 Å². The summed E-state index contributed by atoms with van der Waals surface area (Å²) < 4.78 is 5.93. The third-order valence-corrected chi connectivity index (χ3v) is 3.33. The number of nitrogens with two attached hydrogens (primary N) is 1. The summed E-state index contributed by atoms with van der Waals surface area (Å²) in [6.45, 7) is 0.393. The molecule has 15 heavy (non-hydrogen) atoms. The minimum absolute atomic E-state index is 0.0235. The molecule has 1 aromatic rings. The van der Waals surface area contributed by atoms with Crippen molar-refractivity contribution >= 4 is 22.0 Å². The number of hydrogen-bond acceptors (Lipinski definition) is 2. The minimum atomic E-state index is -0.696. The summed E-state index contributed by atoms with van der Waals surface area (Å²) in [5, 5.41) is 0. The molecule has 80 valence electrons. The lowest BCUT2D eigenvalue weighted by Crippen LogP contribution is -2.22. The van der Waals surface area contributed by atoms with E-state index in [1.165, 1.54) is 5.56 Å². The first kappa shape index (κ1) is 10.5. The molecule has 0 aliphatic heterocycles. The van der Waals surface area contributed by atoms with E-state index in [0.29, 0.717) is 6.61 Å². The van der Waals surface area contributed by atoms with Gasteiger partial charge in [-0.25, -0.2) is 4.79 Å². The van der Waals surface area contributed by atoms with Gasteiger partial charge in [0.15, 0.2) is 0 Å². The van der Waals surface area contributed by atoms with Crippen LogP contribution in [0.4, 0.5) is 4.79 Å². The highest BCUT2D eigenvalue weighted by Gasteiger charge is 2.45. The van der Waals surface area contributed by atoms with Crippen LogP contribution in [0.2, 0.25) is 0 Å². The van der Waals surface area contributed by atoms with Gasteiger partial charge in [0.2, 0.25) is 0 Å². The van der Waals surface area contributed by atoms with Crippen molar-refractivity contribution in [2.45, 2.75) is 18.3 Å². The molecule has 0 bridgehead atoms. The zero-order chi connectivity index (χ0) is 10.9. The number of amides is 1.